The van der Waals surface area contributed by atoms with E-state index in [1.54, 1.807) is 17.5 Å². The van der Waals surface area contributed by atoms with E-state index in [0.717, 1.165) is 25.3 Å². The molecule has 18 heavy (non-hydrogen) atoms. The summed E-state index contributed by atoms with van der Waals surface area (Å²) in [5.41, 5.74) is 0. The highest BCUT2D eigenvalue weighted by Crippen LogP contribution is 2.25. The molecule has 0 radical (unpaired) electrons. The molecule has 0 spiro atoms. The number of anilines is 1. The second-order valence-electron chi connectivity index (χ2n) is 4.04. The van der Waals surface area contributed by atoms with Gasteiger partial charge in [0.2, 0.25) is 0 Å². The Labute approximate surface area is 109 Å². The maximum absolute atomic E-state index is 4.39. The molecule has 3 aromatic heterocycles. The van der Waals surface area contributed by atoms with Gasteiger partial charge in [-0.3, -0.25) is 4.68 Å². The van der Waals surface area contributed by atoms with Gasteiger partial charge in [0.15, 0.2) is 0 Å². The Morgan fingerprint density at radius 2 is 2.28 bits per heavy atom. The van der Waals surface area contributed by atoms with Crippen LogP contribution < -0.4 is 5.32 Å². The third-order valence-electron chi connectivity index (χ3n) is 2.80. The number of aryl methyl sites for hydroxylation is 1. The van der Waals surface area contributed by atoms with Gasteiger partial charge in [-0.05, 0) is 30.0 Å². The second kappa shape index (κ2) is 5.18. The van der Waals surface area contributed by atoms with Crippen LogP contribution in [0.1, 0.15) is 6.42 Å². The zero-order chi connectivity index (χ0) is 12.2. The van der Waals surface area contributed by atoms with Crippen LogP contribution in [-0.4, -0.2) is 21.3 Å². The highest BCUT2D eigenvalue weighted by atomic mass is 32.1. The average Bonchev–Trinajstić information content (AvgIpc) is 3.05. The lowest BCUT2D eigenvalue weighted by Gasteiger charge is -2.06. The number of aromatic nitrogens is 3. The van der Waals surface area contributed by atoms with Crippen molar-refractivity contribution in [3.8, 4) is 0 Å². The Hall–Kier alpha value is -1.88. The van der Waals surface area contributed by atoms with Crippen LogP contribution in [0.2, 0.25) is 0 Å². The van der Waals surface area contributed by atoms with E-state index in [9.17, 15) is 0 Å². The summed E-state index contributed by atoms with van der Waals surface area (Å²) in [6.07, 6.45) is 6.68. The van der Waals surface area contributed by atoms with Crippen molar-refractivity contribution in [2.24, 2.45) is 0 Å². The Morgan fingerprint density at radius 1 is 1.28 bits per heavy atom. The summed E-state index contributed by atoms with van der Waals surface area (Å²) in [5.74, 6) is 0.981. The topological polar surface area (TPSA) is 42.7 Å². The van der Waals surface area contributed by atoms with Crippen molar-refractivity contribution >= 4 is 27.2 Å². The molecule has 3 heterocycles. The van der Waals surface area contributed by atoms with Crippen molar-refractivity contribution < 1.29 is 0 Å². The molecule has 0 aliphatic heterocycles. The SMILES string of the molecule is c1cnn(CCCNc2nccc3sccc23)c1. The van der Waals surface area contributed by atoms with Crippen LogP contribution in [0.3, 0.4) is 0 Å². The summed E-state index contributed by atoms with van der Waals surface area (Å²) in [4.78, 5) is 4.39. The van der Waals surface area contributed by atoms with Gasteiger partial charge in [-0.25, -0.2) is 4.98 Å². The molecule has 0 aliphatic carbocycles. The van der Waals surface area contributed by atoms with Gasteiger partial charge in [-0.2, -0.15) is 5.10 Å². The van der Waals surface area contributed by atoms with Crippen molar-refractivity contribution in [2.75, 3.05) is 11.9 Å². The van der Waals surface area contributed by atoms with E-state index in [2.05, 4.69) is 32.9 Å². The number of hydrogen-bond donors (Lipinski definition) is 1. The number of fused-ring (bicyclic) bond motifs is 1. The Kier molecular flexibility index (Phi) is 3.23. The van der Waals surface area contributed by atoms with Gasteiger partial charge >= 0.3 is 0 Å². The van der Waals surface area contributed by atoms with Crippen LogP contribution in [0.5, 0.6) is 0 Å². The van der Waals surface area contributed by atoms with Crippen molar-refractivity contribution in [1.82, 2.24) is 14.8 Å². The maximum atomic E-state index is 4.39. The molecule has 0 saturated heterocycles. The fraction of sp³-hybridized carbons (Fsp3) is 0.231. The first-order valence-corrected chi connectivity index (χ1v) is 6.85. The molecule has 0 aromatic carbocycles. The van der Waals surface area contributed by atoms with Crippen LogP contribution in [-0.2, 0) is 6.54 Å². The highest BCUT2D eigenvalue weighted by Gasteiger charge is 2.02. The highest BCUT2D eigenvalue weighted by molar-refractivity contribution is 7.17. The van der Waals surface area contributed by atoms with Crippen LogP contribution in [0.25, 0.3) is 10.1 Å². The van der Waals surface area contributed by atoms with Crippen LogP contribution in [0.4, 0.5) is 5.82 Å². The van der Waals surface area contributed by atoms with E-state index in [0.29, 0.717) is 0 Å². The molecule has 0 fully saturated rings. The lowest BCUT2D eigenvalue weighted by atomic mass is 10.3. The lowest BCUT2D eigenvalue weighted by Crippen LogP contribution is -2.08. The summed E-state index contributed by atoms with van der Waals surface area (Å²) in [6.45, 7) is 1.83. The monoisotopic (exact) mass is 258 g/mol. The number of rotatable bonds is 5. The van der Waals surface area contributed by atoms with Crippen LogP contribution in [0, 0.1) is 0 Å². The molecular formula is C13H14N4S. The van der Waals surface area contributed by atoms with Gasteiger partial charge in [-0.15, -0.1) is 11.3 Å². The van der Waals surface area contributed by atoms with E-state index in [1.807, 2.05) is 23.1 Å². The molecule has 92 valence electrons. The number of nitrogens with one attached hydrogen (secondary N) is 1. The molecule has 0 unspecified atom stereocenters. The molecule has 0 amide bonds. The largest absolute Gasteiger partial charge is 0.369 e. The van der Waals surface area contributed by atoms with Gasteiger partial charge in [-0.1, -0.05) is 0 Å². The third-order valence-corrected chi connectivity index (χ3v) is 3.68. The predicted molar refractivity (Wildman–Crippen MR) is 75.0 cm³/mol. The number of nitrogens with zero attached hydrogens (tertiary/aromatic N) is 3. The normalized spacial score (nSPS) is 10.9. The first kappa shape index (κ1) is 11.2. The van der Waals surface area contributed by atoms with Gasteiger partial charge < -0.3 is 5.32 Å². The average molecular weight is 258 g/mol. The molecule has 3 aromatic rings. The minimum absolute atomic E-state index is 0.905. The van der Waals surface area contributed by atoms with Crippen molar-refractivity contribution in [3.63, 3.8) is 0 Å². The van der Waals surface area contributed by atoms with Crippen molar-refractivity contribution in [2.45, 2.75) is 13.0 Å². The Morgan fingerprint density at radius 3 is 3.17 bits per heavy atom. The number of thiophene rings is 1. The van der Waals surface area contributed by atoms with Gasteiger partial charge in [0.25, 0.3) is 0 Å². The van der Waals surface area contributed by atoms with E-state index < -0.39 is 0 Å². The number of hydrogen-bond acceptors (Lipinski definition) is 4. The van der Waals surface area contributed by atoms with Gasteiger partial charge in [0.1, 0.15) is 5.82 Å². The zero-order valence-electron chi connectivity index (χ0n) is 9.91. The second-order valence-corrected chi connectivity index (χ2v) is 4.99. The van der Waals surface area contributed by atoms with Crippen LogP contribution >= 0.6 is 11.3 Å². The third kappa shape index (κ3) is 2.36. The minimum Gasteiger partial charge on any atom is -0.369 e. The van der Waals surface area contributed by atoms with Crippen LogP contribution in [0.15, 0.2) is 42.2 Å². The van der Waals surface area contributed by atoms with E-state index >= 15 is 0 Å². The molecule has 0 bridgehead atoms. The lowest BCUT2D eigenvalue weighted by molar-refractivity contribution is 0.591. The molecular weight excluding hydrogens is 244 g/mol. The van der Waals surface area contributed by atoms with Crippen molar-refractivity contribution in [3.05, 3.63) is 42.2 Å². The summed E-state index contributed by atoms with van der Waals surface area (Å²) < 4.78 is 3.22. The fourth-order valence-electron chi connectivity index (χ4n) is 1.92. The molecule has 0 atom stereocenters. The van der Waals surface area contributed by atoms with E-state index in [1.165, 1.54) is 10.1 Å². The van der Waals surface area contributed by atoms with Gasteiger partial charge in [0, 0.05) is 41.8 Å². The van der Waals surface area contributed by atoms with Crippen molar-refractivity contribution in [1.29, 1.82) is 0 Å². The smallest absolute Gasteiger partial charge is 0.134 e. The first-order valence-electron chi connectivity index (χ1n) is 5.97. The van der Waals surface area contributed by atoms with E-state index in [-0.39, 0.29) is 0 Å². The standard InChI is InChI=1S/C13H14N4S/c1(8-17-9-2-6-16-17)5-14-13-11-4-10-18-12(11)3-7-15-13/h2-4,6-7,9-10H,1,5,8H2,(H,14,15). The number of pyridine rings is 1. The quantitative estimate of drug-likeness (QED) is 0.715. The first-order chi connectivity index (χ1) is 8.93. The zero-order valence-corrected chi connectivity index (χ0v) is 10.7. The minimum atomic E-state index is 0.905. The maximum Gasteiger partial charge on any atom is 0.134 e. The molecule has 0 aliphatic rings. The Bertz CT molecular complexity index is 615. The molecule has 4 nitrogen and oxygen atoms in total. The molecule has 3 rings (SSSR count). The summed E-state index contributed by atoms with van der Waals surface area (Å²) in [7, 11) is 0. The molecule has 1 N–H and O–H groups in total. The predicted octanol–water partition coefficient (Wildman–Crippen LogP) is 3.00. The summed E-state index contributed by atoms with van der Waals surface area (Å²) in [6, 6.07) is 6.11. The Balaban J connectivity index is 1.58. The fourth-order valence-corrected chi connectivity index (χ4v) is 2.70. The van der Waals surface area contributed by atoms with E-state index in [4.69, 9.17) is 0 Å². The summed E-state index contributed by atoms with van der Waals surface area (Å²) >= 11 is 1.74. The molecule has 0 saturated carbocycles. The molecule has 5 heteroatoms. The summed E-state index contributed by atoms with van der Waals surface area (Å²) in [5, 5.41) is 10.9. The van der Waals surface area contributed by atoms with Gasteiger partial charge in [0.05, 0.1) is 0 Å².